The fraction of sp³-hybridized carbons (Fsp3) is 0.636. The highest BCUT2D eigenvalue weighted by atomic mass is 79.9. The summed E-state index contributed by atoms with van der Waals surface area (Å²) in [6.07, 6.45) is 2.69. The smallest absolute Gasteiger partial charge is 0.148 e. The average molecular weight is 317 g/mol. The van der Waals surface area contributed by atoms with Crippen molar-refractivity contribution in [1.82, 2.24) is 9.97 Å². The first-order valence-corrected chi connectivity index (χ1v) is 6.58. The number of nitrogens with two attached hydrogens (primary N) is 1. The van der Waals surface area contributed by atoms with Crippen LogP contribution in [0.2, 0.25) is 0 Å². The summed E-state index contributed by atoms with van der Waals surface area (Å²) in [7, 11) is 1.87. The Morgan fingerprint density at radius 2 is 2.17 bits per heavy atom. The molecule has 1 aliphatic rings. The zero-order chi connectivity index (χ0) is 13.2. The van der Waals surface area contributed by atoms with Crippen molar-refractivity contribution in [3.05, 3.63) is 10.8 Å². The molecule has 0 radical (unpaired) electrons. The summed E-state index contributed by atoms with van der Waals surface area (Å²) in [5.41, 5.74) is 4.99. The van der Waals surface area contributed by atoms with E-state index in [4.69, 9.17) is 10.5 Å². The first-order chi connectivity index (χ1) is 8.52. The van der Waals surface area contributed by atoms with E-state index in [1.165, 1.54) is 6.33 Å². The van der Waals surface area contributed by atoms with Crippen molar-refractivity contribution in [2.75, 3.05) is 37.4 Å². The van der Waals surface area contributed by atoms with Crippen LogP contribution in [0.4, 0.5) is 11.6 Å². The summed E-state index contributed by atoms with van der Waals surface area (Å²) >= 11 is 3.37. The van der Waals surface area contributed by atoms with Gasteiger partial charge in [-0.3, -0.25) is 0 Å². The largest absolute Gasteiger partial charge is 0.388 e. The minimum atomic E-state index is -0.730. The van der Waals surface area contributed by atoms with Crippen molar-refractivity contribution < 1.29 is 9.84 Å². The molecule has 18 heavy (non-hydrogen) atoms. The molecule has 1 aliphatic heterocycles. The predicted molar refractivity (Wildman–Crippen MR) is 72.4 cm³/mol. The van der Waals surface area contributed by atoms with E-state index in [0.29, 0.717) is 48.7 Å². The van der Waals surface area contributed by atoms with Gasteiger partial charge in [0.15, 0.2) is 0 Å². The van der Waals surface area contributed by atoms with Crippen LogP contribution in [-0.4, -0.2) is 47.5 Å². The Kier molecular flexibility index (Phi) is 4.04. The molecule has 0 amide bonds. The van der Waals surface area contributed by atoms with E-state index in [-0.39, 0.29) is 0 Å². The van der Waals surface area contributed by atoms with Crippen LogP contribution < -0.4 is 10.6 Å². The molecule has 100 valence electrons. The number of ether oxygens (including phenoxy) is 1. The molecule has 0 aromatic carbocycles. The van der Waals surface area contributed by atoms with Gasteiger partial charge in [-0.05, 0) is 15.9 Å². The van der Waals surface area contributed by atoms with Crippen molar-refractivity contribution in [3.8, 4) is 0 Å². The van der Waals surface area contributed by atoms with Gasteiger partial charge < -0.3 is 20.5 Å². The van der Waals surface area contributed by atoms with Crippen LogP contribution in [0.1, 0.15) is 12.8 Å². The molecule has 2 rings (SSSR count). The van der Waals surface area contributed by atoms with Crippen LogP contribution in [0.3, 0.4) is 0 Å². The van der Waals surface area contributed by atoms with Gasteiger partial charge in [0.2, 0.25) is 0 Å². The lowest BCUT2D eigenvalue weighted by atomic mass is 9.94. The molecule has 7 heteroatoms. The molecule has 1 fully saturated rings. The Bertz CT molecular complexity index is 424. The number of rotatable bonds is 3. The van der Waals surface area contributed by atoms with Crippen LogP contribution in [-0.2, 0) is 4.74 Å². The van der Waals surface area contributed by atoms with Gasteiger partial charge in [-0.2, -0.15) is 0 Å². The van der Waals surface area contributed by atoms with Crippen molar-refractivity contribution in [1.29, 1.82) is 0 Å². The summed E-state index contributed by atoms with van der Waals surface area (Å²) in [6, 6.07) is 0. The van der Waals surface area contributed by atoms with Gasteiger partial charge >= 0.3 is 0 Å². The Morgan fingerprint density at radius 3 is 2.83 bits per heavy atom. The number of aromatic nitrogens is 2. The van der Waals surface area contributed by atoms with E-state index in [9.17, 15) is 5.11 Å². The van der Waals surface area contributed by atoms with Crippen LogP contribution in [0.25, 0.3) is 0 Å². The van der Waals surface area contributed by atoms with Gasteiger partial charge in [-0.25, -0.2) is 9.97 Å². The molecule has 1 aromatic rings. The van der Waals surface area contributed by atoms with E-state index >= 15 is 0 Å². The molecule has 0 atom stereocenters. The summed E-state index contributed by atoms with van der Waals surface area (Å²) in [5, 5.41) is 10.5. The van der Waals surface area contributed by atoms with Crippen molar-refractivity contribution in [2.45, 2.75) is 18.4 Å². The van der Waals surface area contributed by atoms with Crippen LogP contribution in [0.5, 0.6) is 0 Å². The first-order valence-electron chi connectivity index (χ1n) is 5.79. The molecule has 0 unspecified atom stereocenters. The minimum absolute atomic E-state index is 0.394. The van der Waals surface area contributed by atoms with Crippen LogP contribution in [0.15, 0.2) is 10.8 Å². The molecule has 0 saturated carbocycles. The summed E-state index contributed by atoms with van der Waals surface area (Å²) < 4.78 is 5.92. The SMILES string of the molecule is CN(CC1(O)CCOCC1)c1ncnc(N)c1Br. The number of halogens is 1. The van der Waals surface area contributed by atoms with Gasteiger partial charge in [0, 0.05) is 39.6 Å². The van der Waals surface area contributed by atoms with E-state index < -0.39 is 5.60 Å². The molecule has 0 spiro atoms. The predicted octanol–water partition coefficient (Wildman–Crippen LogP) is 0.799. The maximum absolute atomic E-state index is 10.5. The molecule has 0 aliphatic carbocycles. The lowest BCUT2D eigenvalue weighted by Crippen LogP contribution is -2.46. The molecular formula is C11H17BrN4O2. The van der Waals surface area contributed by atoms with E-state index in [1.807, 2.05) is 11.9 Å². The van der Waals surface area contributed by atoms with Gasteiger partial charge in [0.25, 0.3) is 0 Å². The van der Waals surface area contributed by atoms with Crippen molar-refractivity contribution in [2.24, 2.45) is 0 Å². The number of aliphatic hydroxyl groups is 1. The highest BCUT2D eigenvalue weighted by molar-refractivity contribution is 9.10. The molecule has 1 saturated heterocycles. The van der Waals surface area contributed by atoms with Crippen LogP contribution in [0, 0.1) is 0 Å². The van der Waals surface area contributed by atoms with Gasteiger partial charge in [-0.1, -0.05) is 0 Å². The minimum Gasteiger partial charge on any atom is -0.388 e. The lowest BCUT2D eigenvalue weighted by Gasteiger charge is -2.36. The summed E-state index contributed by atoms with van der Waals surface area (Å²) in [4.78, 5) is 9.96. The number of anilines is 2. The second kappa shape index (κ2) is 5.38. The van der Waals surface area contributed by atoms with Crippen molar-refractivity contribution >= 4 is 27.6 Å². The summed E-state index contributed by atoms with van der Waals surface area (Å²) in [5.74, 6) is 1.08. The molecule has 3 N–H and O–H groups in total. The lowest BCUT2D eigenvalue weighted by molar-refractivity contribution is -0.0573. The normalized spacial score (nSPS) is 18.6. The van der Waals surface area contributed by atoms with E-state index in [1.54, 1.807) is 0 Å². The summed E-state index contributed by atoms with van der Waals surface area (Å²) in [6.45, 7) is 1.68. The van der Waals surface area contributed by atoms with E-state index in [0.717, 1.165) is 0 Å². The number of likely N-dealkylation sites (N-methyl/N-ethyl adjacent to an activating group) is 1. The Labute approximate surface area is 114 Å². The quantitative estimate of drug-likeness (QED) is 0.858. The second-order valence-electron chi connectivity index (χ2n) is 4.59. The molecule has 1 aromatic heterocycles. The van der Waals surface area contributed by atoms with Crippen molar-refractivity contribution in [3.63, 3.8) is 0 Å². The maximum Gasteiger partial charge on any atom is 0.148 e. The topological polar surface area (TPSA) is 84.5 Å². The third kappa shape index (κ3) is 2.90. The highest BCUT2D eigenvalue weighted by Gasteiger charge is 2.32. The standard InChI is InChI=1S/C11H17BrN4O2/c1-16(6-11(17)2-4-18-5-3-11)10-8(12)9(13)14-7-15-10/h7,17H,2-6H2,1H3,(H2,13,14,15). The number of nitrogen functional groups attached to an aromatic ring is 1. The Morgan fingerprint density at radius 1 is 1.50 bits per heavy atom. The third-order valence-corrected chi connectivity index (χ3v) is 3.88. The van der Waals surface area contributed by atoms with E-state index in [2.05, 4.69) is 25.9 Å². The molecule has 0 bridgehead atoms. The van der Waals surface area contributed by atoms with Gasteiger partial charge in [0.05, 0.1) is 5.60 Å². The second-order valence-corrected chi connectivity index (χ2v) is 5.38. The molecular weight excluding hydrogens is 300 g/mol. The third-order valence-electron chi connectivity index (χ3n) is 3.11. The molecule has 6 nitrogen and oxygen atoms in total. The number of hydrogen-bond donors (Lipinski definition) is 2. The Balaban J connectivity index is 2.11. The number of nitrogens with zero attached hydrogens (tertiary/aromatic N) is 3. The first kappa shape index (κ1) is 13.5. The molecule has 2 heterocycles. The number of hydrogen-bond acceptors (Lipinski definition) is 6. The Hall–Kier alpha value is -0.920. The zero-order valence-corrected chi connectivity index (χ0v) is 11.9. The zero-order valence-electron chi connectivity index (χ0n) is 10.3. The monoisotopic (exact) mass is 316 g/mol. The highest BCUT2D eigenvalue weighted by Crippen LogP contribution is 2.29. The fourth-order valence-electron chi connectivity index (χ4n) is 2.07. The van der Waals surface area contributed by atoms with Crippen LogP contribution >= 0.6 is 15.9 Å². The fourth-order valence-corrected chi connectivity index (χ4v) is 2.57. The van der Waals surface area contributed by atoms with Gasteiger partial charge in [0.1, 0.15) is 22.4 Å². The van der Waals surface area contributed by atoms with Gasteiger partial charge in [-0.15, -0.1) is 0 Å². The maximum atomic E-state index is 10.5. The average Bonchev–Trinajstić information content (AvgIpc) is 2.33.